The summed E-state index contributed by atoms with van der Waals surface area (Å²) in [6.07, 6.45) is 1.13. The number of amides is 2. The van der Waals surface area contributed by atoms with E-state index in [0.29, 0.717) is 19.5 Å². The summed E-state index contributed by atoms with van der Waals surface area (Å²) >= 11 is 0. The highest BCUT2D eigenvalue weighted by Crippen LogP contribution is 2.12. The van der Waals surface area contributed by atoms with Crippen molar-refractivity contribution in [3.63, 3.8) is 0 Å². The van der Waals surface area contributed by atoms with Crippen LogP contribution in [0.2, 0.25) is 0 Å². The second-order valence-electron chi connectivity index (χ2n) is 4.94. The van der Waals surface area contributed by atoms with E-state index in [1.165, 1.54) is 4.90 Å². The fourth-order valence-corrected chi connectivity index (χ4v) is 2.20. The van der Waals surface area contributed by atoms with Gasteiger partial charge < -0.3 is 21.1 Å². The molecule has 4 N–H and O–H groups in total. The van der Waals surface area contributed by atoms with Crippen LogP contribution in [0.1, 0.15) is 12.0 Å². The van der Waals surface area contributed by atoms with E-state index in [9.17, 15) is 14.7 Å². The molecule has 0 radical (unpaired) electrons. The molecule has 1 saturated heterocycles. The first-order valence-electron chi connectivity index (χ1n) is 6.65. The SMILES string of the molecule is N[C@@H](Cc1ccc(O)cc1)C(=O)N1CCCNC(=O)C1. The van der Waals surface area contributed by atoms with Crippen LogP contribution in [0.25, 0.3) is 0 Å². The highest BCUT2D eigenvalue weighted by molar-refractivity contribution is 5.87. The van der Waals surface area contributed by atoms with Gasteiger partial charge in [-0.15, -0.1) is 0 Å². The number of carbonyl (C=O) groups is 2. The zero-order chi connectivity index (χ0) is 14.5. The first-order valence-corrected chi connectivity index (χ1v) is 6.65. The lowest BCUT2D eigenvalue weighted by Crippen LogP contribution is -2.47. The molecule has 1 aromatic carbocycles. The molecule has 1 atom stereocenters. The van der Waals surface area contributed by atoms with Crippen molar-refractivity contribution >= 4 is 11.8 Å². The maximum atomic E-state index is 12.2. The molecule has 1 fully saturated rings. The minimum Gasteiger partial charge on any atom is -0.508 e. The Labute approximate surface area is 117 Å². The Kier molecular flexibility index (Phi) is 4.57. The summed E-state index contributed by atoms with van der Waals surface area (Å²) in [6, 6.07) is 5.91. The van der Waals surface area contributed by atoms with Gasteiger partial charge in [0.05, 0.1) is 12.6 Å². The second-order valence-corrected chi connectivity index (χ2v) is 4.94. The number of nitrogens with one attached hydrogen (secondary N) is 1. The number of phenols is 1. The monoisotopic (exact) mass is 277 g/mol. The summed E-state index contributed by atoms with van der Waals surface area (Å²) in [7, 11) is 0. The molecule has 6 heteroatoms. The van der Waals surface area contributed by atoms with Gasteiger partial charge in [0, 0.05) is 13.1 Å². The molecule has 0 aromatic heterocycles. The first kappa shape index (κ1) is 14.3. The molecule has 2 rings (SSSR count). The molecule has 1 aromatic rings. The van der Waals surface area contributed by atoms with Crippen molar-refractivity contribution in [2.24, 2.45) is 5.73 Å². The molecule has 20 heavy (non-hydrogen) atoms. The number of hydrogen-bond donors (Lipinski definition) is 3. The zero-order valence-corrected chi connectivity index (χ0v) is 11.2. The van der Waals surface area contributed by atoms with E-state index in [0.717, 1.165) is 12.0 Å². The fraction of sp³-hybridized carbons (Fsp3) is 0.429. The third kappa shape index (κ3) is 3.71. The lowest BCUT2D eigenvalue weighted by molar-refractivity contribution is -0.136. The van der Waals surface area contributed by atoms with Crippen molar-refractivity contribution in [1.29, 1.82) is 0 Å². The van der Waals surface area contributed by atoms with E-state index in [1.54, 1.807) is 24.3 Å². The third-order valence-electron chi connectivity index (χ3n) is 3.28. The standard InChI is InChI=1S/C14H19N3O3/c15-12(8-10-2-4-11(18)5-3-10)14(20)17-7-1-6-16-13(19)9-17/h2-5,12,18H,1,6-9,15H2,(H,16,19)/t12-/m0/s1. The Balaban J connectivity index is 1.97. The van der Waals surface area contributed by atoms with E-state index in [2.05, 4.69) is 5.32 Å². The third-order valence-corrected chi connectivity index (χ3v) is 3.28. The number of aromatic hydroxyl groups is 1. The van der Waals surface area contributed by atoms with Gasteiger partial charge in [-0.05, 0) is 30.5 Å². The average molecular weight is 277 g/mol. The number of benzene rings is 1. The minimum atomic E-state index is -0.676. The number of phenolic OH excluding ortho intramolecular Hbond substituents is 1. The van der Waals surface area contributed by atoms with Gasteiger partial charge in [0.25, 0.3) is 0 Å². The molecule has 0 bridgehead atoms. The highest BCUT2D eigenvalue weighted by atomic mass is 16.3. The Morgan fingerprint density at radius 3 is 2.80 bits per heavy atom. The van der Waals surface area contributed by atoms with Crippen LogP contribution in [0.4, 0.5) is 0 Å². The summed E-state index contributed by atoms with van der Waals surface area (Å²) < 4.78 is 0. The molecule has 0 saturated carbocycles. The molecule has 0 unspecified atom stereocenters. The summed E-state index contributed by atoms with van der Waals surface area (Å²) in [5.41, 5.74) is 6.81. The molecule has 108 valence electrons. The van der Waals surface area contributed by atoms with Gasteiger partial charge in [-0.2, -0.15) is 0 Å². The van der Waals surface area contributed by atoms with Gasteiger partial charge in [-0.3, -0.25) is 9.59 Å². The highest BCUT2D eigenvalue weighted by Gasteiger charge is 2.24. The van der Waals surface area contributed by atoms with Gasteiger partial charge >= 0.3 is 0 Å². The number of nitrogens with zero attached hydrogens (tertiary/aromatic N) is 1. The molecule has 1 heterocycles. The van der Waals surface area contributed by atoms with Crippen molar-refractivity contribution in [1.82, 2.24) is 10.2 Å². The molecule has 2 amide bonds. The Bertz CT molecular complexity index is 487. The van der Waals surface area contributed by atoms with Crippen molar-refractivity contribution in [3.8, 4) is 5.75 Å². The largest absolute Gasteiger partial charge is 0.508 e. The maximum Gasteiger partial charge on any atom is 0.240 e. The van der Waals surface area contributed by atoms with Gasteiger partial charge in [0.15, 0.2) is 0 Å². The van der Waals surface area contributed by atoms with E-state index < -0.39 is 6.04 Å². The summed E-state index contributed by atoms with van der Waals surface area (Å²) in [6.45, 7) is 1.21. The van der Waals surface area contributed by atoms with Crippen molar-refractivity contribution in [2.75, 3.05) is 19.6 Å². The predicted molar refractivity (Wildman–Crippen MR) is 74.0 cm³/mol. The molecule has 0 spiro atoms. The van der Waals surface area contributed by atoms with Crippen LogP contribution in [0, 0.1) is 0 Å². The van der Waals surface area contributed by atoms with E-state index in [1.807, 2.05) is 0 Å². The predicted octanol–water partition coefficient (Wildman–Crippen LogP) is -0.390. The molecular weight excluding hydrogens is 258 g/mol. The number of rotatable bonds is 3. The summed E-state index contributed by atoms with van der Waals surface area (Å²) in [4.78, 5) is 25.2. The molecular formula is C14H19N3O3. The fourth-order valence-electron chi connectivity index (χ4n) is 2.20. The summed E-state index contributed by atoms with van der Waals surface area (Å²) in [5, 5.41) is 11.9. The molecule has 6 nitrogen and oxygen atoms in total. The first-order chi connectivity index (χ1) is 9.56. The molecule has 1 aliphatic rings. The van der Waals surface area contributed by atoms with Crippen LogP contribution in [-0.2, 0) is 16.0 Å². The zero-order valence-electron chi connectivity index (χ0n) is 11.2. The van der Waals surface area contributed by atoms with Gasteiger partial charge in [-0.25, -0.2) is 0 Å². The lowest BCUT2D eigenvalue weighted by atomic mass is 10.1. The lowest BCUT2D eigenvalue weighted by Gasteiger charge is -2.23. The van der Waals surface area contributed by atoms with E-state index in [4.69, 9.17) is 5.73 Å². The van der Waals surface area contributed by atoms with Gasteiger partial charge in [-0.1, -0.05) is 12.1 Å². The Hall–Kier alpha value is -2.08. The van der Waals surface area contributed by atoms with Crippen LogP contribution in [0.5, 0.6) is 5.75 Å². The van der Waals surface area contributed by atoms with E-state index >= 15 is 0 Å². The van der Waals surface area contributed by atoms with Crippen LogP contribution < -0.4 is 11.1 Å². The molecule has 1 aliphatic heterocycles. The quantitative estimate of drug-likeness (QED) is 0.701. The molecule has 0 aliphatic carbocycles. The van der Waals surface area contributed by atoms with Crippen molar-refractivity contribution in [3.05, 3.63) is 29.8 Å². The normalized spacial score (nSPS) is 17.2. The van der Waals surface area contributed by atoms with Crippen LogP contribution in [0.15, 0.2) is 24.3 Å². The van der Waals surface area contributed by atoms with Gasteiger partial charge in [0.2, 0.25) is 11.8 Å². The second kappa shape index (κ2) is 6.38. The number of hydrogen-bond acceptors (Lipinski definition) is 4. The Morgan fingerprint density at radius 2 is 2.10 bits per heavy atom. The summed E-state index contributed by atoms with van der Waals surface area (Å²) in [5.74, 6) is -0.180. The number of carbonyl (C=O) groups excluding carboxylic acids is 2. The Morgan fingerprint density at radius 1 is 1.40 bits per heavy atom. The van der Waals surface area contributed by atoms with Crippen LogP contribution in [-0.4, -0.2) is 47.5 Å². The average Bonchev–Trinajstić information content (AvgIpc) is 2.65. The maximum absolute atomic E-state index is 12.2. The van der Waals surface area contributed by atoms with Crippen molar-refractivity contribution < 1.29 is 14.7 Å². The van der Waals surface area contributed by atoms with Gasteiger partial charge in [0.1, 0.15) is 5.75 Å². The minimum absolute atomic E-state index is 0.0715. The smallest absolute Gasteiger partial charge is 0.240 e. The number of nitrogens with two attached hydrogens (primary N) is 1. The van der Waals surface area contributed by atoms with E-state index in [-0.39, 0.29) is 24.1 Å². The van der Waals surface area contributed by atoms with Crippen LogP contribution >= 0.6 is 0 Å². The topological polar surface area (TPSA) is 95.7 Å². The van der Waals surface area contributed by atoms with Crippen molar-refractivity contribution in [2.45, 2.75) is 18.9 Å². The van der Waals surface area contributed by atoms with Crippen LogP contribution in [0.3, 0.4) is 0 Å².